The molecular weight excluding hydrogens is 432 g/mol. The van der Waals surface area contributed by atoms with Crippen LogP contribution in [-0.4, -0.2) is 25.5 Å². The second kappa shape index (κ2) is 8.56. The number of carbonyl (C=O) groups excluding carboxylic acids is 2. The molecule has 158 valence electrons. The summed E-state index contributed by atoms with van der Waals surface area (Å²) in [5.41, 5.74) is 2.05. The van der Waals surface area contributed by atoms with Crippen molar-refractivity contribution >= 4 is 45.0 Å². The van der Waals surface area contributed by atoms with Gasteiger partial charge in [-0.1, -0.05) is 35.9 Å². The van der Waals surface area contributed by atoms with Crippen LogP contribution in [0.15, 0.2) is 88.7 Å². The van der Waals surface area contributed by atoms with Crippen molar-refractivity contribution in [3.05, 3.63) is 84.4 Å². The number of imide groups is 1. The van der Waals surface area contributed by atoms with Crippen LogP contribution < -0.4 is 9.62 Å². The van der Waals surface area contributed by atoms with Crippen LogP contribution in [0.4, 0.5) is 11.4 Å². The third-order valence-electron chi connectivity index (χ3n) is 4.84. The van der Waals surface area contributed by atoms with E-state index in [1.54, 1.807) is 54.6 Å². The molecule has 6 nitrogen and oxygen atoms in total. The van der Waals surface area contributed by atoms with Gasteiger partial charge in [0.2, 0.25) is 11.8 Å². The number of hydrogen-bond acceptors (Lipinski definition) is 5. The monoisotopic (exact) mass is 452 g/mol. The van der Waals surface area contributed by atoms with Crippen LogP contribution in [0, 0.1) is 6.92 Å². The maximum atomic E-state index is 12.8. The van der Waals surface area contributed by atoms with Crippen molar-refractivity contribution in [3.63, 3.8) is 0 Å². The van der Waals surface area contributed by atoms with Crippen LogP contribution in [0.2, 0.25) is 0 Å². The van der Waals surface area contributed by atoms with Crippen molar-refractivity contribution in [2.24, 2.45) is 0 Å². The third kappa shape index (κ3) is 4.65. The van der Waals surface area contributed by atoms with Crippen LogP contribution in [0.3, 0.4) is 0 Å². The van der Waals surface area contributed by atoms with E-state index in [0.29, 0.717) is 11.4 Å². The Morgan fingerprint density at radius 1 is 0.903 bits per heavy atom. The number of nitrogens with one attached hydrogen (secondary N) is 1. The van der Waals surface area contributed by atoms with Crippen molar-refractivity contribution in [2.45, 2.75) is 28.4 Å². The summed E-state index contributed by atoms with van der Waals surface area (Å²) >= 11 is 1.30. The first-order valence-corrected chi connectivity index (χ1v) is 12.0. The standard InChI is InChI=1S/C23H20N2O4S2/c1-16-7-11-18(12-8-16)25-22(26)15-21(23(25)27)30-19-13-9-17(10-14-19)24-31(28,29)20-5-3-2-4-6-20/h2-14,21,24H,15H2,1H3/t21-/m0/s1. The van der Waals surface area contributed by atoms with E-state index in [1.807, 2.05) is 19.1 Å². The molecule has 0 radical (unpaired) electrons. The van der Waals surface area contributed by atoms with Crippen LogP contribution in [0.1, 0.15) is 12.0 Å². The van der Waals surface area contributed by atoms with E-state index in [2.05, 4.69) is 4.72 Å². The van der Waals surface area contributed by atoms with Crippen molar-refractivity contribution in [2.75, 3.05) is 9.62 Å². The topological polar surface area (TPSA) is 83.6 Å². The number of benzene rings is 3. The Balaban J connectivity index is 1.44. The molecular formula is C23H20N2O4S2. The first-order valence-electron chi connectivity index (χ1n) is 9.61. The number of nitrogens with zero attached hydrogens (tertiary/aromatic N) is 1. The third-order valence-corrected chi connectivity index (χ3v) is 7.43. The summed E-state index contributed by atoms with van der Waals surface area (Å²) in [6, 6.07) is 22.1. The molecule has 2 amide bonds. The molecule has 3 aromatic rings. The zero-order valence-corrected chi connectivity index (χ0v) is 18.3. The van der Waals surface area contributed by atoms with Gasteiger partial charge < -0.3 is 0 Å². The van der Waals surface area contributed by atoms with Gasteiger partial charge in [0.15, 0.2) is 0 Å². The molecule has 8 heteroatoms. The van der Waals surface area contributed by atoms with Gasteiger partial charge in [-0.05, 0) is 55.5 Å². The van der Waals surface area contributed by atoms with E-state index in [9.17, 15) is 18.0 Å². The summed E-state index contributed by atoms with van der Waals surface area (Å²) < 4.78 is 27.4. The first kappa shape index (κ1) is 21.1. The van der Waals surface area contributed by atoms with Crippen molar-refractivity contribution in [1.29, 1.82) is 0 Å². The number of amides is 2. The number of thioether (sulfide) groups is 1. The molecule has 1 aliphatic rings. The predicted octanol–water partition coefficient (Wildman–Crippen LogP) is 4.22. The second-order valence-corrected chi connectivity index (χ2v) is 10.1. The van der Waals surface area contributed by atoms with Crippen LogP contribution >= 0.6 is 11.8 Å². The lowest BCUT2D eigenvalue weighted by atomic mass is 10.2. The highest BCUT2D eigenvalue weighted by Gasteiger charge is 2.40. The Hall–Kier alpha value is -3.10. The van der Waals surface area contributed by atoms with E-state index in [1.165, 1.54) is 28.8 Å². The summed E-state index contributed by atoms with van der Waals surface area (Å²) in [5.74, 6) is -0.466. The van der Waals surface area contributed by atoms with E-state index in [0.717, 1.165) is 10.5 Å². The molecule has 0 aliphatic carbocycles. The van der Waals surface area contributed by atoms with E-state index >= 15 is 0 Å². The number of carbonyl (C=O) groups is 2. The minimum Gasteiger partial charge on any atom is -0.280 e. The summed E-state index contributed by atoms with van der Waals surface area (Å²) in [4.78, 5) is 27.4. The number of hydrogen-bond donors (Lipinski definition) is 1. The van der Waals surface area contributed by atoms with E-state index < -0.39 is 15.3 Å². The van der Waals surface area contributed by atoms with Crippen LogP contribution in [0.5, 0.6) is 0 Å². The predicted molar refractivity (Wildman–Crippen MR) is 122 cm³/mol. The van der Waals surface area contributed by atoms with E-state index in [4.69, 9.17) is 0 Å². The number of sulfonamides is 1. The van der Waals surface area contributed by atoms with Crippen molar-refractivity contribution in [1.82, 2.24) is 0 Å². The maximum absolute atomic E-state index is 12.8. The fourth-order valence-electron chi connectivity index (χ4n) is 3.24. The SMILES string of the molecule is Cc1ccc(N2C(=O)C[C@H](Sc3ccc(NS(=O)(=O)c4ccccc4)cc3)C2=O)cc1. The summed E-state index contributed by atoms with van der Waals surface area (Å²) in [5, 5.41) is -0.513. The highest BCUT2D eigenvalue weighted by Crippen LogP contribution is 2.34. The van der Waals surface area contributed by atoms with Crippen molar-refractivity contribution in [3.8, 4) is 0 Å². The molecule has 1 aliphatic heterocycles. The largest absolute Gasteiger partial charge is 0.280 e. The van der Waals surface area contributed by atoms with Gasteiger partial charge in [0.1, 0.15) is 0 Å². The Kier molecular flexibility index (Phi) is 5.84. The van der Waals surface area contributed by atoms with Gasteiger partial charge in [-0.3, -0.25) is 14.3 Å². The molecule has 1 N–H and O–H groups in total. The smallest absolute Gasteiger partial charge is 0.261 e. The van der Waals surface area contributed by atoms with Crippen molar-refractivity contribution < 1.29 is 18.0 Å². The molecule has 0 saturated carbocycles. The molecule has 1 heterocycles. The molecule has 3 aromatic carbocycles. The van der Waals surface area contributed by atoms with Gasteiger partial charge in [-0.2, -0.15) is 0 Å². The second-order valence-electron chi connectivity index (χ2n) is 7.16. The fourth-order valence-corrected chi connectivity index (χ4v) is 5.37. The average Bonchev–Trinajstić information content (AvgIpc) is 3.03. The van der Waals surface area contributed by atoms with Crippen LogP contribution in [0.25, 0.3) is 0 Å². The minimum absolute atomic E-state index is 0.125. The molecule has 0 aromatic heterocycles. The number of aryl methyl sites for hydroxylation is 1. The molecule has 4 rings (SSSR count). The molecule has 1 atom stereocenters. The zero-order valence-electron chi connectivity index (χ0n) is 16.7. The molecule has 0 bridgehead atoms. The zero-order chi connectivity index (χ0) is 22.0. The lowest BCUT2D eigenvalue weighted by Crippen LogP contribution is -2.31. The Morgan fingerprint density at radius 3 is 2.19 bits per heavy atom. The molecule has 0 unspecified atom stereocenters. The summed E-state index contributed by atoms with van der Waals surface area (Å²) in [7, 11) is -3.67. The first-order chi connectivity index (χ1) is 14.8. The summed E-state index contributed by atoms with van der Waals surface area (Å²) in [6.45, 7) is 1.94. The highest BCUT2D eigenvalue weighted by atomic mass is 32.2. The van der Waals surface area contributed by atoms with Crippen LogP contribution in [-0.2, 0) is 19.6 Å². The van der Waals surface area contributed by atoms with Gasteiger partial charge in [-0.25, -0.2) is 13.3 Å². The maximum Gasteiger partial charge on any atom is 0.261 e. The number of rotatable bonds is 6. The van der Waals surface area contributed by atoms with Gasteiger partial charge >= 0.3 is 0 Å². The average molecular weight is 453 g/mol. The Bertz CT molecular complexity index is 1210. The summed E-state index contributed by atoms with van der Waals surface area (Å²) in [6.07, 6.45) is 0.125. The van der Waals surface area contributed by atoms with Gasteiger partial charge in [-0.15, -0.1) is 11.8 Å². The fraction of sp³-hybridized carbons (Fsp3) is 0.130. The quantitative estimate of drug-likeness (QED) is 0.566. The molecule has 0 spiro atoms. The van der Waals surface area contributed by atoms with E-state index in [-0.39, 0.29) is 23.1 Å². The Morgan fingerprint density at radius 2 is 1.55 bits per heavy atom. The molecule has 1 fully saturated rings. The van der Waals surface area contributed by atoms with Gasteiger partial charge in [0, 0.05) is 17.0 Å². The Labute approximate surface area is 185 Å². The normalized spacial score (nSPS) is 16.5. The molecule has 1 saturated heterocycles. The van der Waals surface area contributed by atoms with Gasteiger partial charge in [0.05, 0.1) is 15.8 Å². The van der Waals surface area contributed by atoms with Gasteiger partial charge in [0.25, 0.3) is 10.0 Å². The minimum atomic E-state index is -3.67. The molecule has 31 heavy (non-hydrogen) atoms. The number of anilines is 2. The lowest BCUT2D eigenvalue weighted by Gasteiger charge is -2.15. The highest BCUT2D eigenvalue weighted by molar-refractivity contribution is 8.00. The lowest BCUT2D eigenvalue weighted by molar-refractivity contribution is -0.121.